The number of benzene rings is 3. The number of nitrogens with one attached hydrogen (secondary N) is 2. The number of hydrogen-bond donors (Lipinski definition) is 2. The molecule has 1 unspecified atom stereocenters. The molecule has 0 bridgehead atoms. The van der Waals surface area contributed by atoms with Crippen LogP contribution in [0.4, 0.5) is 5.69 Å². The number of nitrogens with zero attached hydrogens (tertiary/aromatic N) is 1. The summed E-state index contributed by atoms with van der Waals surface area (Å²) in [6.07, 6.45) is 0.172. The lowest BCUT2D eigenvalue weighted by atomic mass is 9.87. The average molecular weight is 512 g/mol. The molecule has 0 spiro atoms. The van der Waals surface area contributed by atoms with Crippen molar-refractivity contribution in [2.24, 2.45) is 0 Å². The van der Waals surface area contributed by atoms with Crippen LogP contribution >= 0.6 is 11.8 Å². The Morgan fingerprint density at radius 1 is 1.08 bits per heavy atom. The van der Waals surface area contributed by atoms with E-state index in [1.807, 2.05) is 87.5 Å². The maximum atomic E-state index is 12.7. The van der Waals surface area contributed by atoms with Crippen LogP contribution in [-0.4, -0.2) is 17.6 Å². The van der Waals surface area contributed by atoms with Gasteiger partial charge in [0.25, 0.3) is 0 Å². The van der Waals surface area contributed by atoms with Gasteiger partial charge in [0.15, 0.2) is 0 Å². The second-order valence-electron chi connectivity index (χ2n) is 9.11. The average Bonchev–Trinajstić information content (AvgIpc) is 2.89. The number of hydrogen-bond acceptors (Lipinski definition) is 5. The van der Waals surface area contributed by atoms with Crippen LogP contribution in [0.15, 0.2) is 77.3 Å². The number of ether oxygens (including phenoxy) is 1. The maximum absolute atomic E-state index is 12.7. The summed E-state index contributed by atoms with van der Waals surface area (Å²) in [5.41, 5.74) is 6.31. The molecular weight excluding hydrogens is 482 g/mol. The molecule has 188 valence electrons. The van der Waals surface area contributed by atoms with Crippen LogP contribution < -0.4 is 15.4 Å². The van der Waals surface area contributed by atoms with Crippen LogP contribution in [0.1, 0.15) is 40.2 Å². The van der Waals surface area contributed by atoms with Crippen molar-refractivity contribution in [3.63, 3.8) is 0 Å². The van der Waals surface area contributed by atoms with Crippen molar-refractivity contribution >= 4 is 29.3 Å². The smallest absolute Gasteiger partial charge is 0.234 e. The first kappa shape index (κ1) is 26.1. The molecule has 0 aromatic heterocycles. The number of allylic oxidation sites excluding steroid dienone is 1. The van der Waals surface area contributed by atoms with Crippen molar-refractivity contribution in [2.45, 2.75) is 39.7 Å². The molecule has 4 rings (SSSR count). The van der Waals surface area contributed by atoms with Crippen LogP contribution in [0.2, 0.25) is 0 Å². The van der Waals surface area contributed by atoms with Gasteiger partial charge in [-0.1, -0.05) is 71.9 Å². The predicted octanol–water partition coefficient (Wildman–Crippen LogP) is 5.90. The molecule has 2 N–H and O–H groups in total. The second-order valence-corrected chi connectivity index (χ2v) is 10.1. The minimum absolute atomic E-state index is 0.0759. The third-order valence-electron chi connectivity index (χ3n) is 6.18. The molecule has 1 aliphatic rings. The number of nitriles is 1. The van der Waals surface area contributed by atoms with Crippen LogP contribution in [0, 0.1) is 32.1 Å². The zero-order valence-electron chi connectivity index (χ0n) is 21.1. The molecule has 1 aliphatic heterocycles. The number of carbonyl (C=O) groups excluding carboxylic acids is 2. The summed E-state index contributed by atoms with van der Waals surface area (Å²) in [5.74, 6) is 0.0343. The minimum Gasteiger partial charge on any atom is -0.489 e. The zero-order valence-corrected chi connectivity index (χ0v) is 21.9. The van der Waals surface area contributed by atoms with Crippen LogP contribution in [0.25, 0.3) is 0 Å². The minimum atomic E-state index is -0.380. The Kier molecular flexibility index (Phi) is 8.32. The largest absolute Gasteiger partial charge is 0.489 e. The van der Waals surface area contributed by atoms with Crippen molar-refractivity contribution in [2.75, 3.05) is 11.1 Å². The van der Waals surface area contributed by atoms with Gasteiger partial charge in [0.2, 0.25) is 11.8 Å². The number of carbonyl (C=O) groups is 2. The van der Waals surface area contributed by atoms with Crippen LogP contribution in [0.5, 0.6) is 5.75 Å². The molecule has 6 nitrogen and oxygen atoms in total. The van der Waals surface area contributed by atoms with Gasteiger partial charge in [-0.15, -0.1) is 0 Å². The van der Waals surface area contributed by atoms with Gasteiger partial charge in [-0.3, -0.25) is 9.59 Å². The molecule has 0 fully saturated rings. The maximum Gasteiger partial charge on any atom is 0.234 e. The fourth-order valence-corrected chi connectivity index (χ4v) is 5.32. The van der Waals surface area contributed by atoms with Gasteiger partial charge in [-0.25, -0.2) is 0 Å². The summed E-state index contributed by atoms with van der Waals surface area (Å²) in [5, 5.41) is 16.1. The summed E-state index contributed by atoms with van der Waals surface area (Å²) in [6, 6.07) is 23.7. The Bertz CT molecular complexity index is 1350. The highest BCUT2D eigenvalue weighted by Gasteiger charge is 2.30. The Labute approximate surface area is 221 Å². The van der Waals surface area contributed by atoms with E-state index in [0.29, 0.717) is 23.0 Å². The molecule has 7 heteroatoms. The second kappa shape index (κ2) is 11.8. The Morgan fingerprint density at radius 3 is 2.41 bits per heavy atom. The summed E-state index contributed by atoms with van der Waals surface area (Å²) in [4.78, 5) is 25.2. The molecule has 0 saturated heterocycles. The number of rotatable bonds is 8. The molecule has 2 amide bonds. The van der Waals surface area contributed by atoms with E-state index in [9.17, 15) is 14.9 Å². The van der Waals surface area contributed by atoms with Crippen LogP contribution in [0.3, 0.4) is 0 Å². The van der Waals surface area contributed by atoms with E-state index < -0.39 is 0 Å². The number of anilines is 1. The van der Waals surface area contributed by atoms with Gasteiger partial charge < -0.3 is 15.4 Å². The Morgan fingerprint density at radius 2 is 1.76 bits per heavy atom. The van der Waals surface area contributed by atoms with Gasteiger partial charge in [-0.2, -0.15) is 5.26 Å². The van der Waals surface area contributed by atoms with Gasteiger partial charge in [0.1, 0.15) is 12.4 Å². The van der Waals surface area contributed by atoms with Crippen molar-refractivity contribution in [3.8, 4) is 11.8 Å². The normalized spacial score (nSPS) is 15.1. The Hall–Kier alpha value is -4.02. The summed E-state index contributed by atoms with van der Waals surface area (Å²) < 4.78 is 5.86. The molecule has 3 aromatic rings. The third kappa shape index (κ3) is 6.60. The van der Waals surface area contributed by atoms with Gasteiger partial charge in [0.05, 0.1) is 22.4 Å². The standard InChI is InChI=1S/C30H29N3O3S/c1-19-13-20(2)29(21(3)14-19)32-28(35)18-37-30-26(16-31)25(15-27(34)33-30)23-9-11-24(12-10-23)36-17-22-7-5-4-6-8-22/h4-14,25H,15,17-18H2,1-3H3,(H,32,35)(H,33,34). The third-order valence-corrected chi connectivity index (χ3v) is 7.19. The fourth-order valence-electron chi connectivity index (χ4n) is 4.45. The first-order chi connectivity index (χ1) is 17.8. The fraction of sp³-hybridized carbons (Fsp3) is 0.233. The molecular formula is C30H29N3O3S. The van der Waals surface area contributed by atoms with Gasteiger partial charge in [-0.05, 0) is 55.2 Å². The summed E-state index contributed by atoms with van der Waals surface area (Å²) in [7, 11) is 0. The molecule has 3 aromatic carbocycles. The predicted molar refractivity (Wildman–Crippen MR) is 147 cm³/mol. The number of amides is 2. The monoisotopic (exact) mass is 511 g/mol. The van der Waals surface area contributed by atoms with Gasteiger partial charge in [0, 0.05) is 18.0 Å². The van der Waals surface area contributed by atoms with E-state index in [-0.39, 0.29) is 29.9 Å². The van der Waals surface area contributed by atoms with E-state index in [0.717, 1.165) is 33.5 Å². The highest BCUT2D eigenvalue weighted by atomic mass is 32.2. The van der Waals surface area contributed by atoms with Crippen molar-refractivity contribution in [1.82, 2.24) is 5.32 Å². The van der Waals surface area contributed by atoms with Crippen molar-refractivity contribution in [1.29, 1.82) is 5.26 Å². The zero-order chi connectivity index (χ0) is 26.4. The molecule has 0 saturated carbocycles. The lowest BCUT2D eigenvalue weighted by Gasteiger charge is -2.25. The summed E-state index contributed by atoms with van der Waals surface area (Å²) >= 11 is 1.17. The van der Waals surface area contributed by atoms with E-state index in [4.69, 9.17) is 4.74 Å². The van der Waals surface area contributed by atoms with E-state index >= 15 is 0 Å². The number of aryl methyl sites for hydroxylation is 3. The quantitative estimate of drug-likeness (QED) is 0.393. The van der Waals surface area contributed by atoms with E-state index in [1.54, 1.807) is 0 Å². The lowest BCUT2D eigenvalue weighted by molar-refractivity contribution is -0.121. The first-order valence-corrected chi connectivity index (χ1v) is 13.0. The number of thioether (sulfide) groups is 1. The lowest BCUT2D eigenvalue weighted by Crippen LogP contribution is -2.31. The summed E-state index contributed by atoms with van der Waals surface area (Å²) in [6.45, 7) is 6.40. The first-order valence-electron chi connectivity index (χ1n) is 12.1. The van der Waals surface area contributed by atoms with E-state index in [1.165, 1.54) is 11.8 Å². The SMILES string of the molecule is Cc1cc(C)c(NC(=O)CSC2=C(C#N)C(c3ccc(OCc4ccccc4)cc3)CC(=O)N2)c(C)c1. The molecule has 0 radical (unpaired) electrons. The van der Waals surface area contributed by atoms with Gasteiger partial charge >= 0.3 is 0 Å². The molecule has 0 aliphatic carbocycles. The molecule has 37 heavy (non-hydrogen) atoms. The molecule has 1 atom stereocenters. The van der Waals surface area contributed by atoms with E-state index in [2.05, 4.69) is 16.7 Å². The van der Waals surface area contributed by atoms with Crippen molar-refractivity contribution in [3.05, 3.63) is 105 Å². The topological polar surface area (TPSA) is 91.2 Å². The van der Waals surface area contributed by atoms with Crippen LogP contribution in [-0.2, 0) is 16.2 Å². The molecule has 1 heterocycles. The Balaban J connectivity index is 1.44. The highest BCUT2D eigenvalue weighted by Crippen LogP contribution is 2.36. The highest BCUT2D eigenvalue weighted by molar-refractivity contribution is 8.03. The van der Waals surface area contributed by atoms with Crippen molar-refractivity contribution < 1.29 is 14.3 Å².